The highest BCUT2D eigenvalue weighted by molar-refractivity contribution is 9.10. The van der Waals surface area contributed by atoms with Crippen molar-refractivity contribution in [3.8, 4) is 5.75 Å². The highest BCUT2D eigenvalue weighted by Crippen LogP contribution is 2.38. The van der Waals surface area contributed by atoms with Crippen molar-refractivity contribution in [2.24, 2.45) is 0 Å². The van der Waals surface area contributed by atoms with Gasteiger partial charge < -0.3 is 14.8 Å². The van der Waals surface area contributed by atoms with Gasteiger partial charge in [0, 0.05) is 20.9 Å². The van der Waals surface area contributed by atoms with Gasteiger partial charge in [0.2, 0.25) is 11.1 Å². The number of ether oxygens (including phenoxy) is 2. The van der Waals surface area contributed by atoms with Crippen molar-refractivity contribution in [2.75, 3.05) is 11.9 Å². The maximum Gasteiger partial charge on any atom is 0.338 e. The number of hydrogen-bond donors (Lipinski definition) is 1. The molecule has 212 valence electrons. The summed E-state index contributed by atoms with van der Waals surface area (Å²) < 4.78 is 14.4. The highest BCUT2D eigenvalue weighted by atomic mass is 79.9. The van der Waals surface area contributed by atoms with E-state index in [-0.39, 0.29) is 5.97 Å². The zero-order valence-electron chi connectivity index (χ0n) is 22.8. The molecule has 1 N–H and O–H groups in total. The van der Waals surface area contributed by atoms with Crippen molar-refractivity contribution in [1.82, 2.24) is 14.8 Å². The summed E-state index contributed by atoms with van der Waals surface area (Å²) in [6.07, 6.45) is 1.74. The van der Waals surface area contributed by atoms with E-state index in [2.05, 4.69) is 28.2 Å². The predicted octanol–water partition coefficient (Wildman–Crippen LogP) is 8.20. The van der Waals surface area contributed by atoms with Crippen LogP contribution in [0, 0.1) is 0 Å². The van der Waals surface area contributed by atoms with Gasteiger partial charge in [-0.25, -0.2) is 9.48 Å². The summed E-state index contributed by atoms with van der Waals surface area (Å²) in [5.74, 6) is 1.55. The molecule has 0 amide bonds. The van der Waals surface area contributed by atoms with E-state index in [9.17, 15) is 4.79 Å². The number of anilines is 1. The Hall–Kier alpha value is -3.27. The van der Waals surface area contributed by atoms with E-state index in [0.29, 0.717) is 46.4 Å². The van der Waals surface area contributed by atoms with Crippen LogP contribution < -0.4 is 10.1 Å². The van der Waals surface area contributed by atoms with E-state index < -0.39 is 6.04 Å². The molecule has 41 heavy (non-hydrogen) atoms. The number of unbranched alkanes of at least 4 members (excludes halogenated alkanes) is 1. The molecular formula is C31H30BrClN4O3S. The molecule has 1 atom stereocenters. The lowest BCUT2D eigenvalue weighted by atomic mass is 9.96. The smallest absolute Gasteiger partial charge is 0.338 e. The minimum Gasteiger partial charge on any atom is -0.489 e. The van der Waals surface area contributed by atoms with E-state index in [1.165, 1.54) is 11.8 Å². The highest BCUT2D eigenvalue weighted by Gasteiger charge is 2.35. The van der Waals surface area contributed by atoms with Crippen molar-refractivity contribution in [2.45, 2.75) is 50.2 Å². The van der Waals surface area contributed by atoms with E-state index in [0.717, 1.165) is 39.8 Å². The summed E-state index contributed by atoms with van der Waals surface area (Å²) >= 11 is 11.3. The van der Waals surface area contributed by atoms with Crippen LogP contribution in [-0.4, -0.2) is 27.3 Å². The second-order valence-corrected chi connectivity index (χ2v) is 11.9. The number of thioether (sulfide) groups is 1. The lowest BCUT2D eigenvalue weighted by Gasteiger charge is -2.28. The van der Waals surface area contributed by atoms with Gasteiger partial charge in [-0.3, -0.25) is 0 Å². The first-order chi connectivity index (χ1) is 19.9. The summed E-state index contributed by atoms with van der Waals surface area (Å²) in [7, 11) is 0. The minimum atomic E-state index is -0.512. The molecule has 0 fully saturated rings. The van der Waals surface area contributed by atoms with Crippen LogP contribution in [0.4, 0.5) is 5.95 Å². The monoisotopic (exact) mass is 652 g/mol. The van der Waals surface area contributed by atoms with Crippen LogP contribution in [0.15, 0.2) is 93.7 Å². The molecule has 0 bridgehead atoms. The standard InChI is InChI=1S/C31H30BrClN4O3S/c1-3-4-16-39-29(38)27-20(2)34-30-35-31(41-19-23-9-5-6-11-26(23)33)36-37(30)28(27)22-12-14-25(15-13-22)40-18-21-8-7-10-24(32)17-21/h5-15,17,28H,3-4,16,18-19H2,1-2H3,(H,34,35,36). The number of fused-ring (bicyclic) bond motifs is 1. The third-order valence-electron chi connectivity index (χ3n) is 6.59. The molecule has 0 saturated carbocycles. The fourth-order valence-electron chi connectivity index (χ4n) is 4.45. The SMILES string of the molecule is CCCCOC(=O)C1=C(C)Nc2nc(SCc3ccccc3Cl)nn2C1c1ccc(OCc2cccc(Br)c2)cc1. The second kappa shape index (κ2) is 13.6. The fourth-order valence-corrected chi connectivity index (χ4v) is 6.01. The van der Waals surface area contributed by atoms with Gasteiger partial charge in [-0.15, -0.1) is 5.10 Å². The molecule has 1 aliphatic heterocycles. The number of esters is 1. The Balaban J connectivity index is 1.41. The van der Waals surface area contributed by atoms with Gasteiger partial charge in [0.05, 0.1) is 12.2 Å². The summed E-state index contributed by atoms with van der Waals surface area (Å²) in [5.41, 5.74) is 4.13. The van der Waals surface area contributed by atoms with E-state index >= 15 is 0 Å². The van der Waals surface area contributed by atoms with Gasteiger partial charge in [-0.2, -0.15) is 4.98 Å². The Morgan fingerprint density at radius 3 is 2.68 bits per heavy atom. The Kier molecular flexibility index (Phi) is 9.69. The molecule has 10 heteroatoms. The zero-order chi connectivity index (χ0) is 28.8. The van der Waals surface area contributed by atoms with Gasteiger partial charge in [-0.1, -0.05) is 95.1 Å². The van der Waals surface area contributed by atoms with Crippen LogP contribution in [0.25, 0.3) is 0 Å². The average Bonchev–Trinajstić information content (AvgIpc) is 3.37. The average molecular weight is 654 g/mol. The Labute approximate surface area is 257 Å². The van der Waals surface area contributed by atoms with Gasteiger partial charge in [0.25, 0.3) is 0 Å². The van der Waals surface area contributed by atoms with Crippen molar-refractivity contribution in [1.29, 1.82) is 0 Å². The number of carbonyl (C=O) groups excluding carboxylic acids is 1. The van der Waals surface area contributed by atoms with Crippen molar-refractivity contribution >= 4 is 51.2 Å². The van der Waals surface area contributed by atoms with Gasteiger partial charge in [0.15, 0.2) is 0 Å². The molecule has 0 saturated heterocycles. The molecular weight excluding hydrogens is 624 g/mol. The molecule has 1 aliphatic rings. The maximum absolute atomic E-state index is 13.4. The maximum atomic E-state index is 13.4. The third-order valence-corrected chi connectivity index (χ3v) is 8.34. The van der Waals surface area contributed by atoms with E-state index in [1.54, 1.807) is 4.68 Å². The minimum absolute atomic E-state index is 0.365. The molecule has 2 heterocycles. The molecule has 0 spiro atoms. The normalized spacial score (nSPS) is 14.4. The summed E-state index contributed by atoms with van der Waals surface area (Å²) in [5, 5.41) is 9.36. The first kappa shape index (κ1) is 29.2. The molecule has 3 aromatic carbocycles. The van der Waals surface area contributed by atoms with Crippen LogP contribution in [0.5, 0.6) is 5.75 Å². The lowest BCUT2D eigenvalue weighted by molar-refractivity contribution is -0.139. The number of rotatable bonds is 11. The van der Waals surface area contributed by atoms with Crippen molar-refractivity contribution in [3.05, 3.63) is 110 Å². The Morgan fingerprint density at radius 1 is 1.12 bits per heavy atom. The number of aromatic nitrogens is 3. The van der Waals surface area contributed by atoms with Crippen molar-refractivity contribution < 1.29 is 14.3 Å². The fraction of sp³-hybridized carbons (Fsp3) is 0.258. The number of benzene rings is 3. The topological polar surface area (TPSA) is 78.3 Å². The largest absolute Gasteiger partial charge is 0.489 e. The number of halogens is 2. The molecule has 0 radical (unpaired) electrons. The van der Waals surface area contributed by atoms with Gasteiger partial charge in [0.1, 0.15) is 18.4 Å². The number of hydrogen-bond acceptors (Lipinski definition) is 7. The number of carbonyl (C=O) groups is 1. The summed E-state index contributed by atoms with van der Waals surface area (Å²) in [4.78, 5) is 18.1. The quantitative estimate of drug-likeness (QED) is 0.0993. The zero-order valence-corrected chi connectivity index (χ0v) is 25.9. The molecule has 5 rings (SSSR count). The predicted molar refractivity (Wildman–Crippen MR) is 166 cm³/mol. The number of allylic oxidation sites excluding steroid dienone is 1. The van der Waals surface area contributed by atoms with Gasteiger partial charge >= 0.3 is 5.97 Å². The number of nitrogens with one attached hydrogen (secondary N) is 1. The first-order valence-corrected chi connectivity index (χ1v) is 15.5. The van der Waals surface area contributed by atoms with Crippen LogP contribution in [-0.2, 0) is 21.9 Å². The van der Waals surface area contributed by atoms with Crippen molar-refractivity contribution in [3.63, 3.8) is 0 Å². The number of nitrogens with zero attached hydrogens (tertiary/aromatic N) is 3. The van der Waals surface area contributed by atoms with Crippen LogP contribution in [0.1, 0.15) is 49.4 Å². The van der Waals surface area contributed by atoms with Crippen LogP contribution in [0.2, 0.25) is 5.02 Å². The van der Waals surface area contributed by atoms with Crippen LogP contribution >= 0.6 is 39.3 Å². The third kappa shape index (κ3) is 7.15. The molecule has 7 nitrogen and oxygen atoms in total. The Morgan fingerprint density at radius 2 is 1.93 bits per heavy atom. The summed E-state index contributed by atoms with van der Waals surface area (Å²) in [6.45, 7) is 4.74. The van der Waals surface area contributed by atoms with E-state index in [4.69, 9.17) is 31.2 Å². The first-order valence-electron chi connectivity index (χ1n) is 13.4. The summed E-state index contributed by atoms with van der Waals surface area (Å²) in [6, 6.07) is 23.0. The molecule has 1 aromatic heterocycles. The molecule has 0 aliphatic carbocycles. The Bertz CT molecular complexity index is 1560. The molecule has 1 unspecified atom stereocenters. The van der Waals surface area contributed by atoms with Gasteiger partial charge in [-0.05, 0) is 60.4 Å². The second-order valence-electron chi connectivity index (χ2n) is 9.59. The lowest BCUT2D eigenvalue weighted by Crippen LogP contribution is -2.29. The molecule has 4 aromatic rings. The van der Waals surface area contributed by atoms with Crippen LogP contribution in [0.3, 0.4) is 0 Å². The van der Waals surface area contributed by atoms with E-state index in [1.807, 2.05) is 79.7 Å².